The standard InChI is InChI=1S/C22H20FIN2O3S/c1-16(17-7-9-18(23)10-8-17)25-22(27)15-26(20-13-11-19(24)12-14-20)30(28,29)21-5-3-2-4-6-21/h2-14,16H,15H2,1H3,(H,25,27)/t16-/m1/s1. The Bertz CT molecular complexity index is 1110. The highest BCUT2D eigenvalue weighted by Crippen LogP contribution is 2.24. The Hall–Kier alpha value is -2.46. The van der Waals surface area contributed by atoms with Crippen LogP contribution in [0.25, 0.3) is 0 Å². The molecule has 0 aliphatic rings. The molecule has 30 heavy (non-hydrogen) atoms. The summed E-state index contributed by atoms with van der Waals surface area (Å²) in [6.07, 6.45) is 0. The van der Waals surface area contributed by atoms with Gasteiger partial charge in [0.15, 0.2) is 0 Å². The van der Waals surface area contributed by atoms with E-state index in [-0.39, 0.29) is 17.3 Å². The van der Waals surface area contributed by atoms with Gasteiger partial charge in [-0.05, 0) is 83.6 Å². The van der Waals surface area contributed by atoms with Gasteiger partial charge in [-0.3, -0.25) is 9.10 Å². The van der Waals surface area contributed by atoms with Crippen LogP contribution in [0.1, 0.15) is 18.5 Å². The van der Waals surface area contributed by atoms with Gasteiger partial charge in [0.05, 0.1) is 16.6 Å². The maximum atomic E-state index is 13.2. The predicted molar refractivity (Wildman–Crippen MR) is 123 cm³/mol. The first-order valence-electron chi connectivity index (χ1n) is 9.15. The smallest absolute Gasteiger partial charge is 0.264 e. The van der Waals surface area contributed by atoms with Crippen LogP contribution in [0.15, 0.2) is 83.8 Å². The van der Waals surface area contributed by atoms with Crippen LogP contribution in [0.5, 0.6) is 0 Å². The number of sulfonamides is 1. The number of carbonyl (C=O) groups is 1. The van der Waals surface area contributed by atoms with Crippen LogP contribution in [-0.4, -0.2) is 20.9 Å². The Morgan fingerprint density at radius 3 is 2.20 bits per heavy atom. The number of halogens is 2. The summed E-state index contributed by atoms with van der Waals surface area (Å²) in [5, 5.41) is 2.78. The number of anilines is 1. The van der Waals surface area contributed by atoms with Crippen LogP contribution in [0, 0.1) is 9.39 Å². The molecule has 0 saturated carbocycles. The number of benzene rings is 3. The summed E-state index contributed by atoms with van der Waals surface area (Å²) in [4.78, 5) is 12.8. The lowest BCUT2D eigenvalue weighted by Gasteiger charge is -2.25. The summed E-state index contributed by atoms with van der Waals surface area (Å²) in [5.41, 5.74) is 1.11. The molecular formula is C22H20FIN2O3S. The van der Waals surface area contributed by atoms with Gasteiger partial charge in [-0.1, -0.05) is 30.3 Å². The fourth-order valence-electron chi connectivity index (χ4n) is 2.89. The zero-order chi connectivity index (χ0) is 21.7. The first kappa shape index (κ1) is 22.2. The fourth-order valence-corrected chi connectivity index (χ4v) is 4.70. The van der Waals surface area contributed by atoms with E-state index >= 15 is 0 Å². The van der Waals surface area contributed by atoms with Gasteiger partial charge in [-0.15, -0.1) is 0 Å². The van der Waals surface area contributed by atoms with Gasteiger partial charge in [0.25, 0.3) is 10.0 Å². The lowest BCUT2D eigenvalue weighted by Crippen LogP contribution is -2.41. The van der Waals surface area contributed by atoms with Gasteiger partial charge >= 0.3 is 0 Å². The molecule has 0 aliphatic heterocycles. The summed E-state index contributed by atoms with van der Waals surface area (Å²) in [7, 11) is -3.95. The molecule has 0 unspecified atom stereocenters. The number of carbonyl (C=O) groups excluding carboxylic acids is 1. The molecule has 0 spiro atoms. The lowest BCUT2D eigenvalue weighted by atomic mass is 10.1. The third kappa shape index (κ3) is 5.37. The molecule has 3 rings (SSSR count). The number of nitrogens with one attached hydrogen (secondary N) is 1. The Balaban J connectivity index is 1.86. The van der Waals surface area contributed by atoms with Crippen molar-refractivity contribution in [3.8, 4) is 0 Å². The van der Waals surface area contributed by atoms with E-state index in [1.807, 2.05) is 0 Å². The fraction of sp³-hybridized carbons (Fsp3) is 0.136. The average Bonchev–Trinajstić information content (AvgIpc) is 2.74. The summed E-state index contributed by atoms with van der Waals surface area (Å²) < 4.78 is 41.7. The first-order valence-corrected chi connectivity index (χ1v) is 11.7. The maximum Gasteiger partial charge on any atom is 0.264 e. The van der Waals surface area contributed by atoms with Gasteiger partial charge in [0, 0.05) is 3.57 Å². The molecule has 1 N–H and O–H groups in total. The number of nitrogens with zero attached hydrogens (tertiary/aromatic N) is 1. The van der Waals surface area contributed by atoms with Crippen molar-refractivity contribution in [2.45, 2.75) is 17.9 Å². The van der Waals surface area contributed by atoms with Crippen LogP contribution in [0.4, 0.5) is 10.1 Å². The molecule has 0 saturated heterocycles. The van der Waals surface area contributed by atoms with Crippen LogP contribution in [0.3, 0.4) is 0 Å². The molecule has 1 amide bonds. The van der Waals surface area contributed by atoms with E-state index in [0.29, 0.717) is 5.69 Å². The number of rotatable bonds is 7. The van der Waals surface area contributed by atoms with Gasteiger partial charge in [0.2, 0.25) is 5.91 Å². The number of amides is 1. The van der Waals surface area contributed by atoms with Crippen molar-refractivity contribution >= 4 is 44.2 Å². The topological polar surface area (TPSA) is 66.5 Å². The van der Waals surface area contributed by atoms with Crippen molar-refractivity contribution in [3.05, 3.63) is 93.8 Å². The van der Waals surface area contributed by atoms with Crippen LogP contribution in [-0.2, 0) is 14.8 Å². The van der Waals surface area contributed by atoms with Crippen molar-refractivity contribution in [1.82, 2.24) is 5.32 Å². The van der Waals surface area contributed by atoms with Crippen LogP contribution in [0.2, 0.25) is 0 Å². The highest BCUT2D eigenvalue weighted by Gasteiger charge is 2.27. The monoisotopic (exact) mass is 538 g/mol. The summed E-state index contributed by atoms with van der Waals surface area (Å²) in [6.45, 7) is 1.37. The van der Waals surface area contributed by atoms with Crippen molar-refractivity contribution in [2.75, 3.05) is 10.8 Å². The molecule has 0 aliphatic carbocycles. The summed E-state index contributed by atoms with van der Waals surface area (Å²) in [6, 6.07) is 20.3. The molecule has 0 aromatic heterocycles. The minimum absolute atomic E-state index is 0.0999. The Labute approximate surface area is 189 Å². The van der Waals surface area contributed by atoms with Crippen molar-refractivity contribution < 1.29 is 17.6 Å². The molecular weight excluding hydrogens is 518 g/mol. The average molecular weight is 538 g/mol. The van der Waals surface area contributed by atoms with E-state index in [1.54, 1.807) is 61.5 Å². The largest absolute Gasteiger partial charge is 0.348 e. The normalized spacial score (nSPS) is 12.2. The Morgan fingerprint density at radius 1 is 1.00 bits per heavy atom. The molecule has 1 atom stereocenters. The highest BCUT2D eigenvalue weighted by molar-refractivity contribution is 14.1. The van der Waals surface area contributed by atoms with E-state index in [2.05, 4.69) is 27.9 Å². The van der Waals surface area contributed by atoms with Gasteiger partial charge < -0.3 is 5.32 Å². The van der Waals surface area contributed by atoms with Crippen molar-refractivity contribution in [1.29, 1.82) is 0 Å². The Kier molecular flexibility index (Phi) is 7.09. The third-order valence-corrected chi connectivity index (χ3v) is 6.99. The van der Waals surface area contributed by atoms with Crippen LogP contribution >= 0.6 is 22.6 Å². The molecule has 0 bridgehead atoms. The first-order chi connectivity index (χ1) is 14.3. The van der Waals surface area contributed by atoms with Gasteiger partial charge in [0.1, 0.15) is 12.4 Å². The van der Waals surface area contributed by atoms with Gasteiger partial charge in [-0.25, -0.2) is 12.8 Å². The zero-order valence-corrected chi connectivity index (χ0v) is 19.1. The second-order valence-corrected chi connectivity index (χ2v) is 9.75. The molecule has 0 radical (unpaired) electrons. The van der Waals surface area contributed by atoms with E-state index in [4.69, 9.17) is 0 Å². The predicted octanol–water partition coefficient (Wildman–Crippen LogP) is 4.50. The molecule has 5 nitrogen and oxygen atoms in total. The zero-order valence-electron chi connectivity index (χ0n) is 16.1. The SMILES string of the molecule is C[C@@H](NC(=O)CN(c1ccc(I)cc1)S(=O)(=O)c1ccccc1)c1ccc(F)cc1. The molecule has 3 aromatic carbocycles. The van der Waals surface area contributed by atoms with E-state index in [0.717, 1.165) is 13.4 Å². The second kappa shape index (κ2) is 9.57. The third-order valence-electron chi connectivity index (χ3n) is 4.48. The number of hydrogen-bond donors (Lipinski definition) is 1. The summed E-state index contributed by atoms with van der Waals surface area (Å²) >= 11 is 2.13. The molecule has 3 aromatic rings. The minimum Gasteiger partial charge on any atom is -0.348 e. The summed E-state index contributed by atoms with van der Waals surface area (Å²) in [5.74, 6) is -0.832. The van der Waals surface area contributed by atoms with E-state index in [9.17, 15) is 17.6 Å². The molecule has 156 valence electrons. The van der Waals surface area contributed by atoms with Gasteiger partial charge in [-0.2, -0.15) is 0 Å². The second-order valence-electron chi connectivity index (χ2n) is 6.64. The van der Waals surface area contributed by atoms with E-state index < -0.39 is 22.0 Å². The van der Waals surface area contributed by atoms with Crippen molar-refractivity contribution in [3.63, 3.8) is 0 Å². The van der Waals surface area contributed by atoms with Crippen molar-refractivity contribution in [2.24, 2.45) is 0 Å². The molecule has 8 heteroatoms. The minimum atomic E-state index is -3.95. The van der Waals surface area contributed by atoms with E-state index in [1.165, 1.54) is 24.3 Å². The Morgan fingerprint density at radius 2 is 1.60 bits per heavy atom. The quantitative estimate of drug-likeness (QED) is 0.451. The maximum absolute atomic E-state index is 13.2. The van der Waals surface area contributed by atoms with Crippen LogP contribution < -0.4 is 9.62 Å². The number of hydrogen-bond acceptors (Lipinski definition) is 3. The molecule has 0 heterocycles. The molecule has 0 fully saturated rings. The lowest BCUT2D eigenvalue weighted by molar-refractivity contribution is -0.120. The highest BCUT2D eigenvalue weighted by atomic mass is 127.